The van der Waals surface area contributed by atoms with Gasteiger partial charge in [-0.1, -0.05) is 18.2 Å². The number of amides is 1. The molecule has 1 fully saturated rings. The number of ether oxygens (including phenoxy) is 1. The van der Waals surface area contributed by atoms with Crippen molar-refractivity contribution in [2.75, 3.05) is 30.4 Å². The molecule has 0 atom stereocenters. The summed E-state index contributed by atoms with van der Waals surface area (Å²) in [5.74, 6) is 0.998. The van der Waals surface area contributed by atoms with Gasteiger partial charge < -0.3 is 15.0 Å². The van der Waals surface area contributed by atoms with E-state index in [0.29, 0.717) is 28.5 Å². The maximum atomic E-state index is 13.2. The zero-order valence-corrected chi connectivity index (χ0v) is 16.2. The fraction of sp³-hybridized carbons (Fsp3) is 0.318. The Morgan fingerprint density at radius 2 is 1.75 bits per heavy atom. The number of carbonyl (C=O) groups excluding carboxylic acids is 1. The summed E-state index contributed by atoms with van der Waals surface area (Å²) in [4.78, 5) is 24.8. The monoisotopic (exact) mass is 376 g/mol. The molecule has 0 bridgehead atoms. The van der Waals surface area contributed by atoms with Crippen molar-refractivity contribution in [3.63, 3.8) is 0 Å². The Hall–Kier alpha value is -3.15. The molecule has 0 unspecified atom stereocenters. The second kappa shape index (κ2) is 7.84. The molecule has 0 aliphatic carbocycles. The molecule has 0 saturated carbocycles. The van der Waals surface area contributed by atoms with Gasteiger partial charge in [0.15, 0.2) is 11.5 Å². The number of para-hydroxylation sites is 2. The first-order valence-corrected chi connectivity index (χ1v) is 9.63. The van der Waals surface area contributed by atoms with Gasteiger partial charge in [-0.2, -0.15) is 0 Å². The fourth-order valence-corrected chi connectivity index (χ4v) is 3.57. The van der Waals surface area contributed by atoms with Crippen LogP contribution in [-0.2, 0) is 0 Å². The summed E-state index contributed by atoms with van der Waals surface area (Å²) in [5.41, 5.74) is 3.53. The molecule has 1 saturated heterocycles. The van der Waals surface area contributed by atoms with Crippen LogP contribution in [0.15, 0.2) is 42.5 Å². The smallest absolute Gasteiger partial charge is 0.278 e. The molecule has 1 N–H and O–H groups in total. The molecule has 6 heteroatoms. The number of carbonyl (C=O) groups is 1. The Morgan fingerprint density at radius 1 is 1.04 bits per heavy atom. The molecule has 144 valence electrons. The Bertz CT molecular complexity index is 1010. The van der Waals surface area contributed by atoms with Gasteiger partial charge in [0.25, 0.3) is 5.91 Å². The van der Waals surface area contributed by atoms with Crippen LogP contribution in [-0.4, -0.2) is 36.1 Å². The number of nitrogens with zero attached hydrogens (tertiary/aromatic N) is 3. The van der Waals surface area contributed by atoms with Crippen molar-refractivity contribution in [3.05, 3.63) is 53.7 Å². The minimum atomic E-state index is -0.275. The van der Waals surface area contributed by atoms with E-state index < -0.39 is 0 Å². The number of methoxy groups -OCH3 is 1. The maximum Gasteiger partial charge on any atom is 0.278 e. The predicted octanol–water partition coefficient (Wildman–Crippen LogP) is 4.19. The van der Waals surface area contributed by atoms with Gasteiger partial charge in [-0.05, 0) is 56.0 Å². The van der Waals surface area contributed by atoms with Gasteiger partial charge >= 0.3 is 0 Å². The Labute approximate surface area is 164 Å². The van der Waals surface area contributed by atoms with E-state index in [0.717, 1.165) is 37.0 Å². The van der Waals surface area contributed by atoms with E-state index in [1.54, 1.807) is 7.11 Å². The highest BCUT2D eigenvalue weighted by atomic mass is 16.5. The lowest BCUT2D eigenvalue weighted by atomic mass is 10.1. The predicted molar refractivity (Wildman–Crippen MR) is 111 cm³/mol. The molecule has 1 aliphatic heterocycles. The molecule has 0 spiro atoms. The first-order chi connectivity index (χ1) is 13.7. The van der Waals surface area contributed by atoms with Gasteiger partial charge in [-0.15, -0.1) is 0 Å². The number of rotatable bonds is 4. The molecular weight excluding hydrogens is 352 g/mol. The van der Waals surface area contributed by atoms with Crippen LogP contribution in [0.1, 0.15) is 35.3 Å². The average molecular weight is 376 g/mol. The summed E-state index contributed by atoms with van der Waals surface area (Å²) in [6, 6.07) is 13.3. The van der Waals surface area contributed by atoms with Crippen LogP contribution in [0.25, 0.3) is 11.0 Å². The molecule has 1 aliphatic rings. The normalized spacial score (nSPS) is 14.1. The number of piperidine rings is 1. The third-order valence-electron chi connectivity index (χ3n) is 5.03. The molecule has 1 amide bonds. The Kier molecular flexibility index (Phi) is 5.10. The summed E-state index contributed by atoms with van der Waals surface area (Å²) in [6.07, 6.45) is 3.40. The largest absolute Gasteiger partial charge is 0.495 e. The van der Waals surface area contributed by atoms with Gasteiger partial charge in [-0.25, -0.2) is 9.97 Å². The van der Waals surface area contributed by atoms with Gasteiger partial charge in [0, 0.05) is 13.1 Å². The molecule has 6 nitrogen and oxygen atoms in total. The molecular formula is C22H24N4O2. The highest BCUT2D eigenvalue weighted by Crippen LogP contribution is 2.28. The number of hydrogen-bond donors (Lipinski definition) is 1. The van der Waals surface area contributed by atoms with E-state index in [1.807, 2.05) is 49.4 Å². The molecule has 1 aromatic heterocycles. The minimum absolute atomic E-state index is 0.275. The molecule has 28 heavy (non-hydrogen) atoms. The number of aromatic nitrogens is 2. The van der Waals surface area contributed by atoms with E-state index in [-0.39, 0.29) is 5.91 Å². The Balaban J connectivity index is 1.75. The number of aryl methyl sites for hydroxylation is 1. The lowest BCUT2D eigenvalue weighted by molar-refractivity contribution is 0.102. The summed E-state index contributed by atoms with van der Waals surface area (Å²) in [6.45, 7) is 3.76. The molecule has 2 aromatic carbocycles. The zero-order chi connectivity index (χ0) is 19.5. The van der Waals surface area contributed by atoms with Crippen LogP contribution < -0.4 is 15.0 Å². The molecule has 4 rings (SSSR count). The van der Waals surface area contributed by atoms with Gasteiger partial charge in [0.2, 0.25) is 0 Å². The number of anilines is 2. The van der Waals surface area contributed by atoms with Crippen LogP contribution in [0.3, 0.4) is 0 Å². The lowest BCUT2D eigenvalue weighted by Crippen LogP contribution is -2.33. The topological polar surface area (TPSA) is 67.3 Å². The van der Waals surface area contributed by atoms with Crippen LogP contribution in [0, 0.1) is 6.92 Å². The number of nitrogens with one attached hydrogen (secondary N) is 1. The average Bonchev–Trinajstić information content (AvgIpc) is 2.73. The van der Waals surface area contributed by atoms with Crippen LogP contribution in [0.2, 0.25) is 0 Å². The number of fused-ring (bicyclic) bond motifs is 1. The van der Waals surface area contributed by atoms with Crippen LogP contribution >= 0.6 is 0 Å². The van der Waals surface area contributed by atoms with Crippen molar-refractivity contribution in [2.24, 2.45) is 0 Å². The summed E-state index contributed by atoms with van der Waals surface area (Å²) in [5, 5.41) is 2.97. The van der Waals surface area contributed by atoms with Crippen molar-refractivity contribution in [1.82, 2.24) is 9.97 Å². The third kappa shape index (κ3) is 3.63. The van der Waals surface area contributed by atoms with Crippen molar-refractivity contribution >= 4 is 28.4 Å². The van der Waals surface area contributed by atoms with Crippen molar-refractivity contribution < 1.29 is 9.53 Å². The number of hydrogen-bond acceptors (Lipinski definition) is 5. The standard InChI is InChI=1S/C22H24N4O2/c1-15-10-11-19(28-2)18(14-15)25-22(27)20-21(26-12-6-3-7-13-26)24-17-9-5-4-8-16(17)23-20/h4-5,8-11,14H,3,6-7,12-13H2,1-2H3,(H,25,27). The SMILES string of the molecule is COc1ccc(C)cc1NC(=O)c1nc2ccccc2nc1N1CCCCC1. The van der Waals surface area contributed by atoms with E-state index >= 15 is 0 Å². The van der Waals surface area contributed by atoms with Crippen molar-refractivity contribution in [2.45, 2.75) is 26.2 Å². The lowest BCUT2D eigenvalue weighted by Gasteiger charge is -2.29. The number of benzene rings is 2. The van der Waals surface area contributed by atoms with Crippen LogP contribution in [0.4, 0.5) is 11.5 Å². The second-order valence-corrected chi connectivity index (χ2v) is 7.09. The highest BCUT2D eigenvalue weighted by molar-refractivity contribution is 6.07. The minimum Gasteiger partial charge on any atom is -0.495 e. The summed E-state index contributed by atoms with van der Waals surface area (Å²) < 4.78 is 5.39. The van der Waals surface area contributed by atoms with Crippen LogP contribution in [0.5, 0.6) is 5.75 Å². The van der Waals surface area contributed by atoms with Crippen molar-refractivity contribution in [3.8, 4) is 5.75 Å². The highest BCUT2D eigenvalue weighted by Gasteiger charge is 2.23. The summed E-state index contributed by atoms with van der Waals surface area (Å²) in [7, 11) is 1.59. The zero-order valence-electron chi connectivity index (χ0n) is 16.2. The molecule has 2 heterocycles. The van der Waals surface area contributed by atoms with Gasteiger partial charge in [-0.3, -0.25) is 4.79 Å². The van der Waals surface area contributed by atoms with E-state index in [1.165, 1.54) is 6.42 Å². The van der Waals surface area contributed by atoms with E-state index in [4.69, 9.17) is 9.72 Å². The quantitative estimate of drug-likeness (QED) is 0.739. The molecule has 3 aromatic rings. The first kappa shape index (κ1) is 18.2. The second-order valence-electron chi connectivity index (χ2n) is 7.09. The van der Waals surface area contributed by atoms with Crippen molar-refractivity contribution in [1.29, 1.82) is 0 Å². The Morgan fingerprint density at radius 3 is 2.46 bits per heavy atom. The fourth-order valence-electron chi connectivity index (χ4n) is 3.57. The van der Waals surface area contributed by atoms with Gasteiger partial charge in [0.05, 0.1) is 23.8 Å². The first-order valence-electron chi connectivity index (χ1n) is 9.63. The summed E-state index contributed by atoms with van der Waals surface area (Å²) >= 11 is 0. The third-order valence-corrected chi connectivity index (χ3v) is 5.03. The van der Waals surface area contributed by atoms with Gasteiger partial charge in [0.1, 0.15) is 5.75 Å². The maximum absolute atomic E-state index is 13.2. The van der Waals surface area contributed by atoms with E-state index in [2.05, 4.69) is 15.2 Å². The molecule has 0 radical (unpaired) electrons. The van der Waals surface area contributed by atoms with E-state index in [9.17, 15) is 4.79 Å².